The van der Waals surface area contributed by atoms with Gasteiger partial charge in [-0.3, -0.25) is 9.59 Å². The largest absolute Gasteiger partial charge is 0.399 e. The van der Waals surface area contributed by atoms with E-state index < -0.39 is 0 Å². The third-order valence-corrected chi connectivity index (χ3v) is 5.63. The average Bonchev–Trinajstić information content (AvgIpc) is 2.82. The van der Waals surface area contributed by atoms with Crippen molar-refractivity contribution in [3.63, 3.8) is 0 Å². The van der Waals surface area contributed by atoms with E-state index in [1.807, 2.05) is 50.2 Å². The van der Waals surface area contributed by atoms with E-state index >= 15 is 0 Å². The second-order valence-electron chi connectivity index (χ2n) is 8.21. The van der Waals surface area contributed by atoms with Gasteiger partial charge in [0.25, 0.3) is 11.8 Å². The lowest BCUT2D eigenvalue weighted by atomic mass is 9.99. The van der Waals surface area contributed by atoms with E-state index in [2.05, 4.69) is 10.6 Å². The molecule has 6 N–H and O–H groups in total. The topological polar surface area (TPSA) is 110 Å². The highest BCUT2D eigenvalue weighted by Gasteiger charge is 2.11. The summed E-state index contributed by atoms with van der Waals surface area (Å²) in [5.41, 5.74) is 19.1. The summed E-state index contributed by atoms with van der Waals surface area (Å²) in [6.45, 7) is 3.91. The van der Waals surface area contributed by atoms with Crippen LogP contribution in [0.4, 0.5) is 22.7 Å². The molecule has 170 valence electrons. The predicted octanol–water partition coefficient (Wildman–Crippen LogP) is 5.64. The molecule has 0 aliphatic heterocycles. The van der Waals surface area contributed by atoms with Crippen LogP contribution < -0.4 is 22.1 Å². The summed E-state index contributed by atoms with van der Waals surface area (Å²) in [6.07, 6.45) is 0. The Labute approximate surface area is 198 Å². The van der Waals surface area contributed by atoms with Crippen LogP contribution in [0.25, 0.3) is 11.1 Å². The van der Waals surface area contributed by atoms with Crippen LogP contribution in [0.2, 0.25) is 0 Å². The molecule has 0 radical (unpaired) electrons. The van der Waals surface area contributed by atoms with Gasteiger partial charge in [0.15, 0.2) is 0 Å². The fourth-order valence-electron chi connectivity index (χ4n) is 3.62. The molecule has 4 rings (SSSR count). The van der Waals surface area contributed by atoms with Gasteiger partial charge >= 0.3 is 0 Å². The SMILES string of the molecule is Cc1cc(-c2ccc(NC(=O)c3ccc(N)cc3)c(C)c2)ccc1NC(=O)c1ccc(N)cc1. The quantitative estimate of drug-likeness (QED) is 0.295. The van der Waals surface area contributed by atoms with E-state index in [9.17, 15) is 9.59 Å². The molecule has 0 saturated carbocycles. The summed E-state index contributed by atoms with van der Waals surface area (Å²) in [7, 11) is 0. The summed E-state index contributed by atoms with van der Waals surface area (Å²) >= 11 is 0. The van der Waals surface area contributed by atoms with Crippen molar-refractivity contribution in [2.24, 2.45) is 0 Å². The normalized spacial score (nSPS) is 10.5. The second kappa shape index (κ2) is 9.50. The van der Waals surface area contributed by atoms with Crippen LogP contribution in [-0.4, -0.2) is 11.8 Å². The van der Waals surface area contributed by atoms with Crippen molar-refractivity contribution in [3.05, 3.63) is 107 Å². The first-order valence-corrected chi connectivity index (χ1v) is 10.9. The third-order valence-electron chi connectivity index (χ3n) is 5.63. The summed E-state index contributed by atoms with van der Waals surface area (Å²) in [5.74, 6) is -0.374. The zero-order valence-corrected chi connectivity index (χ0v) is 19.1. The number of hydrogen-bond acceptors (Lipinski definition) is 4. The van der Waals surface area contributed by atoms with E-state index in [-0.39, 0.29) is 11.8 Å². The lowest BCUT2D eigenvalue weighted by Gasteiger charge is -2.13. The number of anilines is 4. The summed E-state index contributed by atoms with van der Waals surface area (Å²) in [6, 6.07) is 25.4. The second-order valence-corrected chi connectivity index (χ2v) is 8.21. The maximum Gasteiger partial charge on any atom is 0.255 e. The van der Waals surface area contributed by atoms with Crippen LogP contribution in [0, 0.1) is 13.8 Å². The molecule has 0 unspecified atom stereocenters. The first kappa shape index (κ1) is 22.6. The van der Waals surface area contributed by atoms with Crippen LogP contribution >= 0.6 is 0 Å². The number of nitrogen functional groups attached to an aromatic ring is 2. The van der Waals surface area contributed by atoms with Crippen LogP contribution in [0.15, 0.2) is 84.9 Å². The first-order valence-electron chi connectivity index (χ1n) is 10.9. The zero-order chi connectivity index (χ0) is 24.2. The molecule has 0 aromatic heterocycles. The summed E-state index contributed by atoms with van der Waals surface area (Å²) in [4.78, 5) is 25.1. The molecule has 0 bridgehead atoms. The molecule has 0 atom stereocenters. The van der Waals surface area contributed by atoms with Gasteiger partial charge in [-0.2, -0.15) is 0 Å². The van der Waals surface area contributed by atoms with Gasteiger partial charge in [0.1, 0.15) is 0 Å². The minimum absolute atomic E-state index is 0.187. The molecule has 4 aromatic carbocycles. The number of nitrogens with one attached hydrogen (secondary N) is 2. The fourth-order valence-corrected chi connectivity index (χ4v) is 3.62. The van der Waals surface area contributed by atoms with Gasteiger partial charge in [0.05, 0.1) is 0 Å². The Balaban J connectivity index is 1.48. The van der Waals surface area contributed by atoms with Gasteiger partial charge in [-0.15, -0.1) is 0 Å². The predicted molar refractivity (Wildman–Crippen MR) is 139 cm³/mol. The average molecular weight is 451 g/mol. The number of aryl methyl sites for hydroxylation is 2. The van der Waals surface area contributed by atoms with Gasteiger partial charge < -0.3 is 22.1 Å². The molecule has 2 amide bonds. The standard InChI is InChI=1S/C28H26N4O2/c1-17-15-21(7-13-25(17)31-27(33)19-3-9-23(29)10-4-19)22-8-14-26(18(2)16-22)32-28(34)20-5-11-24(30)12-6-20/h3-16H,29-30H2,1-2H3,(H,31,33)(H,32,34). The van der Waals surface area contributed by atoms with Crippen molar-refractivity contribution in [2.75, 3.05) is 22.1 Å². The van der Waals surface area contributed by atoms with Gasteiger partial charge in [-0.1, -0.05) is 12.1 Å². The molecule has 34 heavy (non-hydrogen) atoms. The number of rotatable bonds is 5. The summed E-state index contributed by atoms with van der Waals surface area (Å²) in [5, 5.41) is 5.90. The zero-order valence-electron chi connectivity index (χ0n) is 19.1. The molecular weight excluding hydrogens is 424 g/mol. The van der Waals surface area contributed by atoms with Gasteiger partial charge in [0, 0.05) is 33.9 Å². The minimum atomic E-state index is -0.187. The van der Waals surface area contributed by atoms with Crippen LogP contribution in [-0.2, 0) is 0 Å². The highest BCUT2D eigenvalue weighted by Crippen LogP contribution is 2.28. The Morgan fingerprint density at radius 2 is 0.912 bits per heavy atom. The Morgan fingerprint density at radius 1 is 0.559 bits per heavy atom. The highest BCUT2D eigenvalue weighted by molar-refractivity contribution is 6.05. The Kier molecular flexibility index (Phi) is 6.32. The number of carbonyl (C=O) groups is 2. The van der Waals surface area contributed by atoms with Gasteiger partial charge in [-0.05, 0) is 109 Å². The Bertz CT molecular complexity index is 1250. The third kappa shape index (κ3) is 5.07. The number of benzene rings is 4. The van der Waals surface area contributed by atoms with Crippen LogP contribution in [0.3, 0.4) is 0 Å². The fraction of sp³-hybridized carbons (Fsp3) is 0.0714. The molecule has 6 heteroatoms. The molecule has 0 aliphatic rings. The van der Waals surface area contributed by atoms with Gasteiger partial charge in [-0.25, -0.2) is 0 Å². The van der Waals surface area contributed by atoms with E-state index in [1.54, 1.807) is 48.5 Å². The number of hydrogen-bond donors (Lipinski definition) is 4. The highest BCUT2D eigenvalue weighted by atomic mass is 16.2. The van der Waals surface area contributed by atoms with Crippen molar-refractivity contribution in [2.45, 2.75) is 13.8 Å². The maximum absolute atomic E-state index is 12.5. The van der Waals surface area contributed by atoms with Crippen molar-refractivity contribution in [1.29, 1.82) is 0 Å². The summed E-state index contributed by atoms with van der Waals surface area (Å²) < 4.78 is 0. The first-order chi connectivity index (χ1) is 16.3. The number of amides is 2. The molecule has 6 nitrogen and oxygen atoms in total. The molecule has 4 aromatic rings. The number of nitrogens with two attached hydrogens (primary N) is 2. The van der Waals surface area contributed by atoms with Crippen molar-refractivity contribution >= 4 is 34.6 Å². The molecule has 0 heterocycles. The molecular formula is C28H26N4O2. The van der Waals surface area contributed by atoms with Crippen LogP contribution in [0.5, 0.6) is 0 Å². The van der Waals surface area contributed by atoms with E-state index in [1.165, 1.54) is 0 Å². The Hall–Kier alpha value is -4.58. The molecule has 0 fully saturated rings. The Morgan fingerprint density at radius 3 is 1.24 bits per heavy atom. The molecule has 0 saturated heterocycles. The van der Waals surface area contributed by atoms with E-state index in [4.69, 9.17) is 11.5 Å². The van der Waals surface area contributed by atoms with E-state index in [0.717, 1.165) is 33.6 Å². The van der Waals surface area contributed by atoms with Gasteiger partial charge in [0.2, 0.25) is 0 Å². The minimum Gasteiger partial charge on any atom is -0.399 e. The lowest BCUT2D eigenvalue weighted by Crippen LogP contribution is -2.13. The monoisotopic (exact) mass is 450 g/mol. The smallest absolute Gasteiger partial charge is 0.255 e. The number of carbonyl (C=O) groups excluding carboxylic acids is 2. The van der Waals surface area contributed by atoms with Crippen molar-refractivity contribution < 1.29 is 9.59 Å². The lowest BCUT2D eigenvalue weighted by molar-refractivity contribution is 0.101. The van der Waals surface area contributed by atoms with Crippen molar-refractivity contribution in [3.8, 4) is 11.1 Å². The maximum atomic E-state index is 12.5. The molecule has 0 aliphatic carbocycles. The van der Waals surface area contributed by atoms with Crippen molar-refractivity contribution in [1.82, 2.24) is 0 Å². The molecule has 0 spiro atoms. The van der Waals surface area contributed by atoms with E-state index in [0.29, 0.717) is 22.5 Å². The van der Waals surface area contributed by atoms with Crippen LogP contribution in [0.1, 0.15) is 31.8 Å².